The summed E-state index contributed by atoms with van der Waals surface area (Å²) in [6.45, 7) is 1.38. The van der Waals surface area contributed by atoms with Gasteiger partial charge in [-0.2, -0.15) is 0 Å². The van der Waals surface area contributed by atoms with Crippen molar-refractivity contribution in [3.63, 3.8) is 0 Å². The van der Waals surface area contributed by atoms with Gasteiger partial charge in [-0.15, -0.1) is 0 Å². The molecule has 2 aliphatic rings. The molecule has 1 heterocycles. The Balaban J connectivity index is 1.72. The van der Waals surface area contributed by atoms with Crippen molar-refractivity contribution in [2.24, 2.45) is 5.92 Å². The van der Waals surface area contributed by atoms with Crippen molar-refractivity contribution >= 4 is 23.3 Å². The van der Waals surface area contributed by atoms with Gasteiger partial charge in [0, 0.05) is 23.6 Å². The number of hydrogen-bond acceptors (Lipinski definition) is 4. The molecule has 0 radical (unpaired) electrons. The number of methoxy groups -OCH3 is 1. The predicted molar refractivity (Wildman–Crippen MR) is 102 cm³/mol. The van der Waals surface area contributed by atoms with Crippen LogP contribution in [0, 0.1) is 5.92 Å². The predicted octanol–water partition coefficient (Wildman–Crippen LogP) is 5.10. The number of rotatable bonds is 3. The third-order valence-electron chi connectivity index (χ3n) is 5.13. The molecule has 4 nitrogen and oxygen atoms in total. The lowest BCUT2D eigenvalue weighted by Crippen LogP contribution is -2.29. The monoisotopic (exact) mass is 369 g/mol. The van der Waals surface area contributed by atoms with E-state index in [-0.39, 0.29) is 12.0 Å². The molecular weight excluding hydrogens is 350 g/mol. The Kier molecular flexibility index (Phi) is 4.37. The summed E-state index contributed by atoms with van der Waals surface area (Å²) in [5.74, 6) is 1.38. The smallest absolute Gasteiger partial charge is 0.308 e. The van der Waals surface area contributed by atoms with Crippen molar-refractivity contribution in [1.82, 2.24) is 0 Å². The molecule has 1 aliphatic carbocycles. The van der Waals surface area contributed by atoms with Gasteiger partial charge in [-0.1, -0.05) is 29.8 Å². The lowest BCUT2D eigenvalue weighted by atomic mass is 9.77. The lowest BCUT2D eigenvalue weighted by Gasteiger charge is -2.37. The van der Waals surface area contributed by atoms with Crippen LogP contribution in [-0.2, 0) is 4.79 Å². The summed E-state index contributed by atoms with van der Waals surface area (Å²) in [5.41, 5.74) is 3.46. The van der Waals surface area contributed by atoms with Gasteiger partial charge < -0.3 is 14.8 Å². The summed E-state index contributed by atoms with van der Waals surface area (Å²) in [7, 11) is 1.58. The highest BCUT2D eigenvalue weighted by atomic mass is 35.5. The second-order valence-corrected chi connectivity index (χ2v) is 7.15. The van der Waals surface area contributed by atoms with Crippen LogP contribution in [0.3, 0.4) is 0 Å². The Morgan fingerprint density at radius 1 is 1.19 bits per heavy atom. The van der Waals surface area contributed by atoms with E-state index in [0.717, 1.165) is 22.7 Å². The number of carbonyl (C=O) groups excluding carboxylic acids is 1. The Morgan fingerprint density at radius 3 is 2.81 bits per heavy atom. The molecule has 5 heteroatoms. The van der Waals surface area contributed by atoms with Crippen molar-refractivity contribution in [3.8, 4) is 11.5 Å². The average Bonchev–Trinajstić information content (AvgIpc) is 3.11. The van der Waals surface area contributed by atoms with Gasteiger partial charge >= 0.3 is 5.97 Å². The SMILES string of the molecule is COc1cc(C2Nc3ccc(Cl)cc3C3C=CCC32)ccc1OC(C)=O. The molecule has 0 spiro atoms. The topological polar surface area (TPSA) is 47.6 Å². The molecule has 2 aromatic carbocycles. The second-order valence-electron chi connectivity index (χ2n) is 6.71. The minimum Gasteiger partial charge on any atom is -0.493 e. The number of fused-ring (bicyclic) bond motifs is 3. The summed E-state index contributed by atoms with van der Waals surface area (Å²) < 4.78 is 10.7. The van der Waals surface area contributed by atoms with Crippen LogP contribution in [0.4, 0.5) is 5.69 Å². The highest BCUT2D eigenvalue weighted by molar-refractivity contribution is 6.30. The Morgan fingerprint density at radius 2 is 2.04 bits per heavy atom. The quantitative estimate of drug-likeness (QED) is 0.464. The van der Waals surface area contributed by atoms with Crippen LogP contribution in [-0.4, -0.2) is 13.1 Å². The lowest BCUT2D eigenvalue weighted by molar-refractivity contribution is -0.132. The van der Waals surface area contributed by atoms with E-state index in [0.29, 0.717) is 23.3 Å². The maximum absolute atomic E-state index is 11.3. The number of ether oxygens (including phenoxy) is 2. The molecular formula is C21H20ClNO3. The molecule has 2 aromatic rings. The molecule has 0 amide bonds. The van der Waals surface area contributed by atoms with E-state index < -0.39 is 0 Å². The molecule has 4 rings (SSSR count). The highest BCUT2D eigenvalue weighted by Crippen LogP contribution is 2.50. The molecule has 1 N–H and O–H groups in total. The van der Waals surface area contributed by atoms with Gasteiger partial charge in [0.05, 0.1) is 13.2 Å². The van der Waals surface area contributed by atoms with Crippen LogP contribution >= 0.6 is 11.6 Å². The first-order valence-electron chi connectivity index (χ1n) is 8.66. The fourth-order valence-electron chi connectivity index (χ4n) is 4.01. The van der Waals surface area contributed by atoms with Gasteiger partial charge in [-0.3, -0.25) is 4.79 Å². The van der Waals surface area contributed by atoms with E-state index in [1.54, 1.807) is 13.2 Å². The third kappa shape index (κ3) is 2.95. The van der Waals surface area contributed by atoms with E-state index >= 15 is 0 Å². The van der Waals surface area contributed by atoms with Crippen molar-refractivity contribution < 1.29 is 14.3 Å². The number of carbonyl (C=O) groups is 1. The van der Waals surface area contributed by atoms with Crippen molar-refractivity contribution in [2.45, 2.75) is 25.3 Å². The normalized spacial score (nSPS) is 23.0. The van der Waals surface area contributed by atoms with Crippen LogP contribution in [0.15, 0.2) is 48.6 Å². The minimum atomic E-state index is -0.363. The van der Waals surface area contributed by atoms with Crippen molar-refractivity contribution in [3.05, 3.63) is 64.7 Å². The number of nitrogens with one attached hydrogen (secondary N) is 1. The molecule has 134 valence electrons. The summed E-state index contributed by atoms with van der Waals surface area (Å²) in [6.07, 6.45) is 5.52. The maximum Gasteiger partial charge on any atom is 0.308 e. The number of esters is 1. The maximum atomic E-state index is 11.3. The van der Waals surface area contributed by atoms with Gasteiger partial charge in [0.1, 0.15) is 0 Å². The number of hydrogen-bond donors (Lipinski definition) is 1. The number of allylic oxidation sites excluding steroid dienone is 2. The summed E-state index contributed by atoms with van der Waals surface area (Å²) in [5, 5.41) is 4.42. The summed E-state index contributed by atoms with van der Waals surface area (Å²) in [4.78, 5) is 11.3. The molecule has 0 saturated carbocycles. The fourth-order valence-corrected chi connectivity index (χ4v) is 4.19. The number of benzene rings is 2. The molecule has 0 bridgehead atoms. The molecule has 3 unspecified atom stereocenters. The summed E-state index contributed by atoms with van der Waals surface area (Å²) in [6, 6.07) is 11.9. The average molecular weight is 370 g/mol. The van der Waals surface area contributed by atoms with Crippen LogP contribution < -0.4 is 14.8 Å². The largest absolute Gasteiger partial charge is 0.493 e. The van der Waals surface area contributed by atoms with Gasteiger partial charge in [-0.25, -0.2) is 0 Å². The highest BCUT2D eigenvalue weighted by Gasteiger charge is 2.38. The first-order chi connectivity index (χ1) is 12.6. The molecule has 0 fully saturated rings. The standard InChI is InChI=1S/C21H20ClNO3/c1-12(24)26-19-9-6-13(10-20(19)25-2)21-16-5-3-4-15(16)17-11-14(22)7-8-18(17)23-21/h3-4,6-11,15-16,21,23H,5H2,1-2H3. The zero-order valence-electron chi connectivity index (χ0n) is 14.7. The fraction of sp³-hybridized carbons (Fsp3) is 0.286. The van der Waals surface area contributed by atoms with Crippen molar-refractivity contribution in [2.75, 3.05) is 12.4 Å². The first kappa shape index (κ1) is 17.0. The van der Waals surface area contributed by atoms with Crippen LogP contribution in [0.25, 0.3) is 0 Å². The zero-order chi connectivity index (χ0) is 18.3. The molecule has 26 heavy (non-hydrogen) atoms. The Labute approximate surface area is 157 Å². The second kappa shape index (κ2) is 6.69. The van der Waals surface area contributed by atoms with Crippen LogP contribution in [0.5, 0.6) is 11.5 Å². The van der Waals surface area contributed by atoms with E-state index in [2.05, 4.69) is 23.5 Å². The van der Waals surface area contributed by atoms with E-state index in [1.165, 1.54) is 12.5 Å². The molecule has 0 aromatic heterocycles. The van der Waals surface area contributed by atoms with Gasteiger partial charge in [0.15, 0.2) is 11.5 Å². The molecule has 0 saturated heterocycles. The van der Waals surface area contributed by atoms with E-state index in [1.807, 2.05) is 24.3 Å². The van der Waals surface area contributed by atoms with Crippen LogP contribution in [0.2, 0.25) is 5.02 Å². The van der Waals surface area contributed by atoms with Gasteiger partial charge in [-0.05, 0) is 53.8 Å². The minimum absolute atomic E-state index is 0.143. The van der Waals surface area contributed by atoms with Gasteiger partial charge in [0.25, 0.3) is 0 Å². The number of halogens is 1. The first-order valence-corrected chi connectivity index (χ1v) is 9.03. The summed E-state index contributed by atoms with van der Waals surface area (Å²) >= 11 is 6.21. The van der Waals surface area contributed by atoms with Crippen molar-refractivity contribution in [1.29, 1.82) is 0 Å². The third-order valence-corrected chi connectivity index (χ3v) is 5.36. The molecule has 3 atom stereocenters. The van der Waals surface area contributed by atoms with E-state index in [4.69, 9.17) is 21.1 Å². The van der Waals surface area contributed by atoms with E-state index in [9.17, 15) is 4.79 Å². The molecule has 1 aliphatic heterocycles. The van der Waals surface area contributed by atoms with Gasteiger partial charge in [0.2, 0.25) is 0 Å². The Bertz CT molecular complexity index is 893. The zero-order valence-corrected chi connectivity index (χ0v) is 15.4. The Hall–Kier alpha value is -2.46. The number of anilines is 1. The van der Waals surface area contributed by atoms with Crippen LogP contribution in [0.1, 0.15) is 36.4 Å².